The summed E-state index contributed by atoms with van der Waals surface area (Å²) in [6.07, 6.45) is -0.264. The zero-order valence-corrected chi connectivity index (χ0v) is 15.8. The maximum Gasteiger partial charge on any atom is 0.328 e. The molecule has 0 radical (unpaired) electrons. The van der Waals surface area contributed by atoms with Crippen molar-refractivity contribution in [2.45, 2.75) is 56.9 Å². The van der Waals surface area contributed by atoms with Gasteiger partial charge in [0.1, 0.15) is 0 Å². The van der Waals surface area contributed by atoms with E-state index in [0.717, 1.165) is 4.57 Å². The summed E-state index contributed by atoms with van der Waals surface area (Å²) in [4.78, 5) is 50.7. The van der Waals surface area contributed by atoms with Gasteiger partial charge in [-0.3, -0.25) is 23.9 Å². The summed E-state index contributed by atoms with van der Waals surface area (Å²) < 4.78 is 1.14. The topological polar surface area (TPSA) is 179 Å². The fraction of sp³-hybridized carbons (Fsp3) is 0.647. The molecule has 0 aliphatic carbocycles. The molecule has 11 heteroatoms. The number of carbonyl (C=O) groups is 2. The molecule has 2 rings (SSSR count). The summed E-state index contributed by atoms with van der Waals surface area (Å²) in [5.41, 5.74) is 3.18. The van der Waals surface area contributed by atoms with Gasteiger partial charge in [-0.05, 0) is 20.3 Å². The number of nitrogens with two attached hydrogens (primary N) is 1. The van der Waals surface area contributed by atoms with Gasteiger partial charge < -0.3 is 26.0 Å². The smallest absolute Gasteiger partial charge is 0.328 e. The van der Waals surface area contributed by atoms with Gasteiger partial charge in [0, 0.05) is 37.7 Å². The van der Waals surface area contributed by atoms with Crippen LogP contribution < -0.4 is 17.0 Å². The number of nitrogens with one attached hydrogen (secondary N) is 1. The van der Waals surface area contributed by atoms with Gasteiger partial charge in [-0.1, -0.05) is 0 Å². The van der Waals surface area contributed by atoms with Gasteiger partial charge in [0.25, 0.3) is 5.56 Å². The summed E-state index contributed by atoms with van der Waals surface area (Å²) >= 11 is 0. The Kier molecular flexibility index (Phi) is 6.42. The molecular formula is C17H26N4O7. The van der Waals surface area contributed by atoms with Crippen molar-refractivity contribution >= 4 is 11.9 Å². The van der Waals surface area contributed by atoms with Gasteiger partial charge in [-0.25, -0.2) is 4.79 Å². The second kappa shape index (κ2) is 8.25. The first-order valence-corrected chi connectivity index (χ1v) is 8.91. The Labute approximate surface area is 160 Å². The van der Waals surface area contributed by atoms with Gasteiger partial charge in [0.15, 0.2) is 0 Å². The number of β-amino-alcohol motifs (C(OH)–C–C–N with tert-alkyl or cyclic N) is 1. The largest absolute Gasteiger partial charge is 0.481 e. The van der Waals surface area contributed by atoms with Crippen molar-refractivity contribution in [1.82, 2.24) is 14.5 Å². The maximum absolute atomic E-state index is 12.7. The van der Waals surface area contributed by atoms with Crippen LogP contribution in [0.5, 0.6) is 0 Å². The Balaban J connectivity index is 2.38. The molecule has 1 fully saturated rings. The summed E-state index contributed by atoms with van der Waals surface area (Å²) in [6.45, 7) is 2.67. The number of aliphatic hydroxyl groups is 2. The monoisotopic (exact) mass is 398 g/mol. The number of aromatic nitrogens is 2. The van der Waals surface area contributed by atoms with Gasteiger partial charge >= 0.3 is 11.7 Å². The number of H-pyrrole nitrogens is 1. The van der Waals surface area contributed by atoms with Crippen molar-refractivity contribution < 1.29 is 24.9 Å². The Bertz CT molecular complexity index is 860. The summed E-state index contributed by atoms with van der Waals surface area (Å²) in [5.74, 6) is -1.67. The van der Waals surface area contributed by atoms with Crippen LogP contribution in [0.4, 0.5) is 0 Å². The SMILES string of the molecule is Cc1cn([C@H]2CN(C(=O)[C@@H](N)CCC(=O)O)C[C@H](O)C[C@]2(C)O)c(=O)[nH]c1=O. The Hall–Kier alpha value is -2.50. The zero-order valence-electron chi connectivity index (χ0n) is 15.8. The van der Waals surface area contributed by atoms with Crippen molar-refractivity contribution in [3.05, 3.63) is 32.6 Å². The van der Waals surface area contributed by atoms with Gasteiger partial charge in [-0.2, -0.15) is 0 Å². The first-order valence-electron chi connectivity index (χ1n) is 8.91. The lowest BCUT2D eigenvalue weighted by molar-refractivity contribution is -0.138. The van der Waals surface area contributed by atoms with E-state index in [1.54, 1.807) is 0 Å². The maximum atomic E-state index is 12.7. The van der Waals surface area contributed by atoms with Crippen LogP contribution in [0.2, 0.25) is 0 Å². The molecule has 1 saturated heterocycles. The van der Waals surface area contributed by atoms with E-state index in [9.17, 15) is 29.4 Å². The normalized spacial score (nSPS) is 26.5. The van der Waals surface area contributed by atoms with Crippen LogP contribution >= 0.6 is 0 Å². The minimum absolute atomic E-state index is 0.0838. The molecule has 0 saturated carbocycles. The molecule has 0 spiro atoms. The molecule has 156 valence electrons. The Morgan fingerprint density at radius 1 is 1.39 bits per heavy atom. The van der Waals surface area contributed by atoms with Gasteiger partial charge in [0.2, 0.25) is 5.91 Å². The molecule has 1 aliphatic heterocycles. The third-order valence-corrected chi connectivity index (χ3v) is 4.97. The van der Waals surface area contributed by atoms with Crippen molar-refractivity contribution in [1.29, 1.82) is 0 Å². The molecule has 28 heavy (non-hydrogen) atoms. The van der Waals surface area contributed by atoms with E-state index < -0.39 is 46.9 Å². The zero-order chi connectivity index (χ0) is 21.2. The molecule has 11 nitrogen and oxygen atoms in total. The van der Waals surface area contributed by atoms with Crippen molar-refractivity contribution in [3.63, 3.8) is 0 Å². The van der Waals surface area contributed by atoms with E-state index in [4.69, 9.17) is 10.8 Å². The molecule has 4 atom stereocenters. The first-order chi connectivity index (χ1) is 12.9. The molecular weight excluding hydrogens is 372 g/mol. The van der Waals surface area contributed by atoms with Gasteiger partial charge in [-0.15, -0.1) is 0 Å². The van der Waals surface area contributed by atoms with Crippen LogP contribution in [0.1, 0.15) is 37.8 Å². The molecule has 1 aromatic heterocycles. The molecule has 0 unspecified atom stereocenters. The number of carboxylic acid groups (broad SMARTS) is 1. The number of carbonyl (C=O) groups excluding carboxylic acids is 1. The lowest BCUT2D eigenvalue weighted by Gasteiger charge is -2.34. The molecule has 2 heterocycles. The standard InChI is InChI=1S/C17H26N4O7/c1-9-6-21(16(27)19-14(9)25)12-8-20(7-10(22)5-17(12,2)28)15(26)11(18)3-4-13(23)24/h6,10-12,22,28H,3-5,7-8,18H2,1-2H3,(H,23,24)(H,19,25,27)/t10-,11+,12+,17+/m1/s1. The van der Waals surface area contributed by atoms with Crippen LogP contribution in [-0.4, -0.2) is 72.5 Å². The molecule has 1 aromatic rings. The highest BCUT2D eigenvalue weighted by Gasteiger charge is 2.42. The number of likely N-dealkylation sites (tertiary alicyclic amines) is 1. The Morgan fingerprint density at radius 2 is 2.04 bits per heavy atom. The molecule has 0 bridgehead atoms. The first kappa shape index (κ1) is 21.8. The number of hydrogen-bond donors (Lipinski definition) is 5. The van der Waals surface area contributed by atoms with Gasteiger partial charge in [0.05, 0.1) is 23.8 Å². The van der Waals surface area contributed by atoms with Crippen LogP contribution in [0.25, 0.3) is 0 Å². The fourth-order valence-electron chi connectivity index (χ4n) is 3.43. The van der Waals surface area contributed by atoms with Crippen molar-refractivity contribution in [2.24, 2.45) is 5.73 Å². The average Bonchev–Trinajstić information content (AvgIpc) is 2.70. The second-order valence-corrected chi connectivity index (χ2v) is 7.49. The quantitative estimate of drug-likeness (QED) is 0.375. The van der Waals surface area contributed by atoms with E-state index in [2.05, 4.69) is 4.98 Å². The summed E-state index contributed by atoms with van der Waals surface area (Å²) in [6, 6.07) is -2.05. The highest BCUT2D eigenvalue weighted by Crippen LogP contribution is 2.31. The van der Waals surface area contributed by atoms with E-state index in [-0.39, 0.29) is 37.9 Å². The number of amides is 1. The van der Waals surface area contributed by atoms with E-state index in [0.29, 0.717) is 0 Å². The third-order valence-electron chi connectivity index (χ3n) is 4.97. The van der Waals surface area contributed by atoms with E-state index in [1.807, 2.05) is 0 Å². The predicted molar refractivity (Wildman–Crippen MR) is 97.8 cm³/mol. The van der Waals surface area contributed by atoms with Crippen molar-refractivity contribution in [2.75, 3.05) is 13.1 Å². The number of aromatic amines is 1. The van der Waals surface area contributed by atoms with Crippen LogP contribution in [0.15, 0.2) is 15.8 Å². The highest BCUT2D eigenvalue weighted by atomic mass is 16.4. The van der Waals surface area contributed by atoms with Crippen LogP contribution in [0, 0.1) is 6.92 Å². The minimum atomic E-state index is -1.56. The number of carboxylic acids is 1. The number of aliphatic carboxylic acids is 1. The average molecular weight is 398 g/mol. The fourth-order valence-corrected chi connectivity index (χ4v) is 3.43. The van der Waals surface area contributed by atoms with E-state index >= 15 is 0 Å². The predicted octanol–water partition coefficient (Wildman–Crippen LogP) is -2.08. The molecule has 6 N–H and O–H groups in total. The van der Waals surface area contributed by atoms with Crippen LogP contribution in [0.3, 0.4) is 0 Å². The number of hydrogen-bond acceptors (Lipinski definition) is 7. The van der Waals surface area contributed by atoms with E-state index in [1.165, 1.54) is 24.9 Å². The number of aliphatic hydroxyl groups excluding tert-OH is 1. The number of aryl methyl sites for hydroxylation is 1. The molecule has 1 aliphatic rings. The number of nitrogens with zero attached hydrogens (tertiary/aromatic N) is 2. The minimum Gasteiger partial charge on any atom is -0.481 e. The second-order valence-electron chi connectivity index (χ2n) is 7.49. The molecule has 1 amide bonds. The summed E-state index contributed by atoms with van der Waals surface area (Å²) in [5, 5.41) is 29.9. The van der Waals surface area contributed by atoms with Crippen molar-refractivity contribution in [3.8, 4) is 0 Å². The highest BCUT2D eigenvalue weighted by molar-refractivity contribution is 5.82. The lowest BCUT2D eigenvalue weighted by Crippen LogP contribution is -2.50. The number of rotatable bonds is 5. The molecule has 0 aromatic carbocycles. The van der Waals surface area contributed by atoms with Crippen LogP contribution in [-0.2, 0) is 9.59 Å². The summed E-state index contributed by atoms with van der Waals surface area (Å²) in [7, 11) is 0. The third kappa shape index (κ3) is 4.86. The lowest BCUT2D eigenvalue weighted by atomic mass is 9.91. The Morgan fingerprint density at radius 3 is 2.64 bits per heavy atom.